The van der Waals surface area contributed by atoms with Gasteiger partial charge < -0.3 is 4.42 Å². The summed E-state index contributed by atoms with van der Waals surface area (Å²) in [5.74, 6) is 0.524. The van der Waals surface area contributed by atoms with E-state index >= 15 is 0 Å². The van der Waals surface area contributed by atoms with Gasteiger partial charge in [0.2, 0.25) is 0 Å². The van der Waals surface area contributed by atoms with Crippen LogP contribution in [-0.4, -0.2) is 4.98 Å². The van der Waals surface area contributed by atoms with E-state index in [-0.39, 0.29) is 0 Å². The number of hydrogen-bond donors (Lipinski definition) is 0. The molecule has 2 heterocycles. The molecule has 1 aromatic carbocycles. The summed E-state index contributed by atoms with van der Waals surface area (Å²) in [6, 6.07) is 12.5. The van der Waals surface area contributed by atoms with Crippen LogP contribution < -0.4 is 0 Å². The minimum Gasteiger partial charge on any atom is -0.463 e. The fourth-order valence-electron chi connectivity index (χ4n) is 2.31. The van der Waals surface area contributed by atoms with Crippen LogP contribution in [0, 0.1) is 6.92 Å². The van der Waals surface area contributed by atoms with Gasteiger partial charge in [0.1, 0.15) is 5.52 Å². The fraction of sp³-hybridized carbons (Fsp3) is 0.235. The van der Waals surface area contributed by atoms with E-state index in [0.717, 1.165) is 16.8 Å². The number of pyridine rings is 1. The minimum absolute atomic E-state index is 0.524. The molecule has 2 aromatic heterocycles. The first-order valence-electron chi connectivity index (χ1n) is 6.60. The lowest BCUT2D eigenvalue weighted by Gasteiger charge is -2.10. The van der Waals surface area contributed by atoms with Gasteiger partial charge >= 0.3 is 0 Å². The summed E-state index contributed by atoms with van der Waals surface area (Å²) < 4.78 is 5.33. The molecular formula is C17H17NO. The van der Waals surface area contributed by atoms with E-state index in [1.54, 1.807) is 6.26 Å². The van der Waals surface area contributed by atoms with E-state index in [2.05, 4.69) is 44.0 Å². The molecule has 2 heteroatoms. The zero-order chi connectivity index (χ0) is 13.4. The Morgan fingerprint density at radius 1 is 1.05 bits per heavy atom. The lowest BCUT2D eigenvalue weighted by Crippen LogP contribution is -1.91. The highest BCUT2D eigenvalue weighted by atomic mass is 16.3. The molecule has 0 spiro atoms. The summed E-state index contributed by atoms with van der Waals surface area (Å²) in [6.45, 7) is 6.56. The van der Waals surface area contributed by atoms with Crippen molar-refractivity contribution in [3.8, 4) is 11.3 Å². The number of fused-ring (bicyclic) bond motifs is 1. The van der Waals surface area contributed by atoms with Crippen molar-refractivity contribution < 1.29 is 4.42 Å². The van der Waals surface area contributed by atoms with Crippen LogP contribution in [0.3, 0.4) is 0 Å². The number of aryl methyl sites for hydroxylation is 1. The zero-order valence-corrected chi connectivity index (χ0v) is 11.5. The van der Waals surface area contributed by atoms with Crippen molar-refractivity contribution in [3.05, 3.63) is 53.8 Å². The average Bonchev–Trinajstić information content (AvgIpc) is 2.85. The van der Waals surface area contributed by atoms with Crippen LogP contribution in [0.1, 0.15) is 30.9 Å². The van der Waals surface area contributed by atoms with Gasteiger partial charge in [0.25, 0.3) is 0 Å². The quantitative estimate of drug-likeness (QED) is 0.645. The van der Waals surface area contributed by atoms with E-state index in [1.807, 2.05) is 18.2 Å². The molecular weight excluding hydrogens is 234 g/mol. The van der Waals surface area contributed by atoms with E-state index in [9.17, 15) is 0 Å². The van der Waals surface area contributed by atoms with Gasteiger partial charge in [-0.25, -0.2) is 4.98 Å². The van der Waals surface area contributed by atoms with E-state index < -0.39 is 0 Å². The molecule has 0 N–H and O–H groups in total. The number of benzene rings is 1. The molecule has 0 saturated carbocycles. The second kappa shape index (κ2) is 4.54. The molecule has 0 bridgehead atoms. The van der Waals surface area contributed by atoms with Gasteiger partial charge in [-0.1, -0.05) is 25.5 Å². The van der Waals surface area contributed by atoms with Crippen molar-refractivity contribution in [2.75, 3.05) is 0 Å². The molecule has 19 heavy (non-hydrogen) atoms. The molecule has 0 atom stereocenters. The van der Waals surface area contributed by atoms with Crippen LogP contribution in [0.2, 0.25) is 0 Å². The number of aromatic nitrogens is 1. The maximum absolute atomic E-state index is 5.33. The second-order valence-electron chi connectivity index (χ2n) is 5.29. The summed E-state index contributed by atoms with van der Waals surface area (Å²) in [6.07, 6.45) is 1.68. The third-order valence-electron chi connectivity index (χ3n) is 3.37. The predicted molar refractivity (Wildman–Crippen MR) is 78.3 cm³/mol. The van der Waals surface area contributed by atoms with E-state index in [4.69, 9.17) is 4.42 Å². The highest BCUT2D eigenvalue weighted by Gasteiger charge is 2.07. The van der Waals surface area contributed by atoms with Crippen LogP contribution in [-0.2, 0) is 0 Å². The Labute approximate surface area is 113 Å². The third kappa shape index (κ3) is 2.26. The standard InChI is InChI=1S/C17H17NO/c1-11(2)13-8-12(3)9-14(10-13)15-4-5-17-16(18-15)6-7-19-17/h4-11H,1-3H3. The Balaban J connectivity index is 2.14. The van der Waals surface area contributed by atoms with Crippen molar-refractivity contribution in [2.24, 2.45) is 0 Å². The first kappa shape index (κ1) is 12.0. The Kier molecular flexibility index (Phi) is 2.86. The van der Waals surface area contributed by atoms with Gasteiger partial charge in [-0.15, -0.1) is 0 Å². The van der Waals surface area contributed by atoms with Crippen molar-refractivity contribution in [1.82, 2.24) is 4.98 Å². The maximum atomic E-state index is 5.33. The largest absolute Gasteiger partial charge is 0.463 e. The molecule has 0 fully saturated rings. The molecule has 0 unspecified atom stereocenters. The van der Waals surface area contributed by atoms with Gasteiger partial charge in [-0.3, -0.25) is 0 Å². The van der Waals surface area contributed by atoms with E-state index in [0.29, 0.717) is 5.92 Å². The molecule has 3 rings (SSSR count). The van der Waals surface area contributed by atoms with Gasteiger partial charge in [-0.05, 0) is 42.7 Å². The molecule has 2 nitrogen and oxygen atoms in total. The van der Waals surface area contributed by atoms with Crippen LogP contribution >= 0.6 is 0 Å². The number of nitrogens with zero attached hydrogens (tertiary/aromatic N) is 1. The van der Waals surface area contributed by atoms with Gasteiger partial charge in [0, 0.05) is 11.6 Å². The smallest absolute Gasteiger partial charge is 0.152 e. The minimum atomic E-state index is 0.524. The van der Waals surface area contributed by atoms with Crippen molar-refractivity contribution in [2.45, 2.75) is 26.7 Å². The summed E-state index contributed by atoms with van der Waals surface area (Å²) in [5.41, 5.74) is 6.54. The highest BCUT2D eigenvalue weighted by molar-refractivity contribution is 5.76. The zero-order valence-electron chi connectivity index (χ0n) is 11.5. The number of furan rings is 1. The molecule has 0 saturated heterocycles. The van der Waals surface area contributed by atoms with Crippen LogP contribution in [0.4, 0.5) is 0 Å². The van der Waals surface area contributed by atoms with Gasteiger partial charge in [-0.2, -0.15) is 0 Å². The predicted octanol–water partition coefficient (Wildman–Crippen LogP) is 4.93. The summed E-state index contributed by atoms with van der Waals surface area (Å²) in [4.78, 5) is 4.65. The normalized spacial score (nSPS) is 11.4. The molecule has 96 valence electrons. The Morgan fingerprint density at radius 3 is 2.68 bits per heavy atom. The van der Waals surface area contributed by atoms with Crippen LogP contribution in [0.5, 0.6) is 0 Å². The summed E-state index contributed by atoms with van der Waals surface area (Å²) >= 11 is 0. The third-order valence-corrected chi connectivity index (χ3v) is 3.37. The number of hydrogen-bond acceptors (Lipinski definition) is 2. The molecule has 0 radical (unpaired) electrons. The monoisotopic (exact) mass is 251 g/mol. The maximum Gasteiger partial charge on any atom is 0.152 e. The molecule has 0 aliphatic rings. The van der Waals surface area contributed by atoms with Crippen molar-refractivity contribution in [1.29, 1.82) is 0 Å². The molecule has 3 aromatic rings. The SMILES string of the molecule is Cc1cc(-c2ccc3occc3n2)cc(C(C)C)c1. The van der Waals surface area contributed by atoms with Crippen molar-refractivity contribution in [3.63, 3.8) is 0 Å². The first-order chi connectivity index (χ1) is 9.13. The summed E-state index contributed by atoms with van der Waals surface area (Å²) in [5, 5.41) is 0. The van der Waals surface area contributed by atoms with E-state index in [1.165, 1.54) is 16.7 Å². The molecule has 0 amide bonds. The second-order valence-corrected chi connectivity index (χ2v) is 5.29. The van der Waals surface area contributed by atoms with Crippen LogP contribution in [0.25, 0.3) is 22.4 Å². The lowest BCUT2D eigenvalue weighted by atomic mass is 9.97. The lowest BCUT2D eigenvalue weighted by molar-refractivity contribution is 0.615. The summed E-state index contributed by atoms with van der Waals surface area (Å²) in [7, 11) is 0. The molecule has 0 aliphatic carbocycles. The first-order valence-corrected chi connectivity index (χ1v) is 6.60. The topological polar surface area (TPSA) is 26.0 Å². The Morgan fingerprint density at radius 2 is 1.89 bits per heavy atom. The fourth-order valence-corrected chi connectivity index (χ4v) is 2.31. The van der Waals surface area contributed by atoms with Crippen LogP contribution in [0.15, 0.2) is 47.1 Å². The highest BCUT2D eigenvalue weighted by Crippen LogP contribution is 2.26. The Bertz CT molecular complexity index is 725. The molecule has 0 aliphatic heterocycles. The van der Waals surface area contributed by atoms with Gasteiger partial charge in [0.15, 0.2) is 5.58 Å². The van der Waals surface area contributed by atoms with Crippen molar-refractivity contribution >= 4 is 11.1 Å². The van der Waals surface area contributed by atoms with Gasteiger partial charge in [0.05, 0.1) is 12.0 Å². The number of rotatable bonds is 2. The average molecular weight is 251 g/mol. The Hall–Kier alpha value is -2.09.